The number of allylic oxidation sites excluding steroid dienone is 8. The highest BCUT2D eigenvalue weighted by atomic mass is 16.5. The van der Waals surface area contributed by atoms with Gasteiger partial charge in [0, 0.05) is 25.1 Å². The van der Waals surface area contributed by atoms with Crippen molar-refractivity contribution in [3.05, 3.63) is 48.6 Å². The molecule has 0 atom stereocenters. The van der Waals surface area contributed by atoms with Crippen LogP contribution < -0.4 is 0 Å². The van der Waals surface area contributed by atoms with Crippen molar-refractivity contribution in [3.63, 3.8) is 0 Å². The van der Waals surface area contributed by atoms with Crippen LogP contribution in [0.3, 0.4) is 0 Å². The molecule has 0 spiro atoms. The molecule has 0 unspecified atom stereocenters. The van der Waals surface area contributed by atoms with Crippen molar-refractivity contribution in [3.8, 4) is 0 Å². The highest BCUT2D eigenvalue weighted by Crippen LogP contribution is 2.35. The fourth-order valence-corrected chi connectivity index (χ4v) is 6.39. The van der Waals surface area contributed by atoms with Crippen molar-refractivity contribution in [2.75, 3.05) is 33.4 Å². The van der Waals surface area contributed by atoms with Crippen molar-refractivity contribution in [1.29, 1.82) is 0 Å². The van der Waals surface area contributed by atoms with Gasteiger partial charge in [-0.2, -0.15) is 0 Å². The molecule has 43 heavy (non-hydrogen) atoms. The van der Waals surface area contributed by atoms with E-state index < -0.39 is 0 Å². The fourth-order valence-electron chi connectivity index (χ4n) is 6.39. The molecule has 2 nitrogen and oxygen atoms in total. The summed E-state index contributed by atoms with van der Waals surface area (Å²) in [5, 5.41) is 0. The zero-order chi connectivity index (χ0) is 30.9. The summed E-state index contributed by atoms with van der Waals surface area (Å²) in [5.74, 6) is 0. The summed E-state index contributed by atoms with van der Waals surface area (Å²) < 4.78 is 6.24. The Labute approximate surface area is 270 Å². The van der Waals surface area contributed by atoms with Crippen LogP contribution in [0.5, 0.6) is 0 Å². The summed E-state index contributed by atoms with van der Waals surface area (Å²) in [7, 11) is 2.26. The predicted octanol–water partition coefficient (Wildman–Crippen LogP) is 13.0. The van der Waals surface area contributed by atoms with E-state index in [4.69, 9.17) is 4.74 Å². The molecule has 2 heteroatoms. The first-order valence-corrected chi connectivity index (χ1v) is 19.1. The number of rotatable bonds is 32. The molecule has 0 aliphatic carbocycles. The molecular weight excluding hydrogens is 522 g/mol. The summed E-state index contributed by atoms with van der Waals surface area (Å²) in [4.78, 5) is 2.47. The van der Waals surface area contributed by atoms with E-state index in [1.54, 1.807) is 0 Å². The SMILES string of the molecule is CCCCC/C=C\C/C=C\CCCCCCCCOCC1(CCCCCCCC/C=C\C/C=C\CCCCC)CN(C)C1. The van der Waals surface area contributed by atoms with Crippen LogP contribution >= 0.6 is 0 Å². The van der Waals surface area contributed by atoms with Gasteiger partial charge in [0.25, 0.3) is 0 Å². The number of hydrogen-bond donors (Lipinski definition) is 0. The predicted molar refractivity (Wildman–Crippen MR) is 194 cm³/mol. The number of ether oxygens (including phenoxy) is 1. The minimum Gasteiger partial charge on any atom is -0.381 e. The quantitative estimate of drug-likeness (QED) is 0.0565. The van der Waals surface area contributed by atoms with Gasteiger partial charge in [0.05, 0.1) is 6.61 Å². The Morgan fingerprint density at radius 1 is 0.488 bits per heavy atom. The second kappa shape index (κ2) is 30.9. The Morgan fingerprint density at radius 3 is 1.33 bits per heavy atom. The fraction of sp³-hybridized carbons (Fsp3) is 0.805. The number of likely N-dealkylation sites (tertiary alicyclic amines) is 1. The molecule has 1 rings (SSSR count). The van der Waals surface area contributed by atoms with Crippen LogP contribution in [0.4, 0.5) is 0 Å². The maximum absolute atomic E-state index is 6.24. The zero-order valence-electron chi connectivity index (χ0n) is 29.5. The van der Waals surface area contributed by atoms with Crippen LogP contribution in [0.2, 0.25) is 0 Å². The number of hydrogen-bond acceptors (Lipinski definition) is 2. The first kappa shape index (κ1) is 39.9. The molecule has 0 aromatic carbocycles. The summed E-state index contributed by atoms with van der Waals surface area (Å²) >= 11 is 0. The third kappa shape index (κ3) is 25.9. The van der Waals surface area contributed by atoms with Gasteiger partial charge in [0.15, 0.2) is 0 Å². The summed E-state index contributed by atoms with van der Waals surface area (Å²) in [6, 6.07) is 0. The van der Waals surface area contributed by atoms with Gasteiger partial charge in [-0.15, -0.1) is 0 Å². The lowest BCUT2D eigenvalue weighted by atomic mass is 9.76. The normalized spacial score (nSPS) is 15.6. The minimum absolute atomic E-state index is 0.447. The summed E-state index contributed by atoms with van der Waals surface area (Å²) in [6.45, 7) is 8.95. The lowest BCUT2D eigenvalue weighted by Crippen LogP contribution is -2.56. The van der Waals surface area contributed by atoms with E-state index in [0.717, 1.165) is 26.1 Å². The molecule has 0 N–H and O–H groups in total. The van der Waals surface area contributed by atoms with E-state index in [0.29, 0.717) is 5.41 Å². The smallest absolute Gasteiger partial charge is 0.0546 e. The zero-order valence-corrected chi connectivity index (χ0v) is 29.5. The lowest BCUT2D eigenvalue weighted by Gasteiger charge is -2.48. The number of nitrogens with zero attached hydrogens (tertiary/aromatic N) is 1. The van der Waals surface area contributed by atoms with Gasteiger partial charge in [-0.05, 0) is 84.1 Å². The highest BCUT2D eigenvalue weighted by molar-refractivity contribution is 4.94. The monoisotopic (exact) mass is 598 g/mol. The molecule has 0 bridgehead atoms. The van der Waals surface area contributed by atoms with Crippen LogP contribution in [0.25, 0.3) is 0 Å². The maximum atomic E-state index is 6.24. The van der Waals surface area contributed by atoms with Crippen LogP contribution in [-0.4, -0.2) is 38.3 Å². The molecule has 1 fully saturated rings. The molecule has 0 aromatic heterocycles. The Balaban J connectivity index is 1.90. The first-order chi connectivity index (χ1) is 21.2. The molecular formula is C41H75NO. The molecule has 0 saturated carbocycles. The second-order valence-electron chi connectivity index (χ2n) is 13.6. The largest absolute Gasteiger partial charge is 0.381 e. The average molecular weight is 598 g/mol. The molecule has 1 aliphatic heterocycles. The highest BCUT2D eigenvalue weighted by Gasteiger charge is 2.40. The molecule has 1 aliphatic rings. The third-order valence-electron chi connectivity index (χ3n) is 9.02. The Morgan fingerprint density at radius 2 is 0.884 bits per heavy atom. The third-order valence-corrected chi connectivity index (χ3v) is 9.02. The van der Waals surface area contributed by atoms with Crippen molar-refractivity contribution in [1.82, 2.24) is 4.90 Å². The Bertz CT molecular complexity index is 684. The number of unbranched alkanes of at least 4 members (excludes halogenated alkanes) is 18. The molecule has 0 amide bonds. The van der Waals surface area contributed by atoms with Crippen molar-refractivity contribution < 1.29 is 4.74 Å². The topological polar surface area (TPSA) is 12.5 Å². The van der Waals surface area contributed by atoms with Crippen molar-refractivity contribution in [2.45, 2.75) is 174 Å². The van der Waals surface area contributed by atoms with E-state index in [9.17, 15) is 0 Å². The Kier molecular flexibility index (Phi) is 28.7. The van der Waals surface area contributed by atoms with E-state index >= 15 is 0 Å². The van der Waals surface area contributed by atoms with Gasteiger partial charge in [0.2, 0.25) is 0 Å². The molecule has 0 aromatic rings. The van der Waals surface area contributed by atoms with Crippen LogP contribution in [0, 0.1) is 5.41 Å². The lowest BCUT2D eigenvalue weighted by molar-refractivity contribution is -0.0611. The van der Waals surface area contributed by atoms with E-state index in [1.807, 2.05) is 0 Å². The molecule has 1 saturated heterocycles. The second-order valence-corrected chi connectivity index (χ2v) is 13.6. The van der Waals surface area contributed by atoms with E-state index in [1.165, 1.54) is 161 Å². The molecule has 250 valence electrons. The van der Waals surface area contributed by atoms with Gasteiger partial charge in [-0.25, -0.2) is 0 Å². The summed E-state index contributed by atoms with van der Waals surface area (Å²) in [5.41, 5.74) is 0.447. The van der Waals surface area contributed by atoms with Crippen molar-refractivity contribution >= 4 is 0 Å². The molecule has 1 heterocycles. The van der Waals surface area contributed by atoms with E-state index in [-0.39, 0.29) is 0 Å². The van der Waals surface area contributed by atoms with Crippen LogP contribution in [-0.2, 0) is 4.74 Å². The van der Waals surface area contributed by atoms with Crippen LogP contribution in [0.15, 0.2) is 48.6 Å². The van der Waals surface area contributed by atoms with Gasteiger partial charge >= 0.3 is 0 Å². The van der Waals surface area contributed by atoms with Gasteiger partial charge < -0.3 is 9.64 Å². The van der Waals surface area contributed by atoms with Gasteiger partial charge in [-0.3, -0.25) is 0 Å². The van der Waals surface area contributed by atoms with Gasteiger partial charge in [0.1, 0.15) is 0 Å². The average Bonchev–Trinajstić information content (AvgIpc) is 2.99. The van der Waals surface area contributed by atoms with Crippen LogP contribution in [0.1, 0.15) is 174 Å². The van der Waals surface area contributed by atoms with E-state index in [2.05, 4.69) is 74.4 Å². The minimum atomic E-state index is 0.447. The van der Waals surface area contributed by atoms with Gasteiger partial charge in [-0.1, -0.05) is 146 Å². The maximum Gasteiger partial charge on any atom is 0.0546 e. The molecule has 0 radical (unpaired) electrons. The summed E-state index contributed by atoms with van der Waals surface area (Å²) in [6.07, 6.45) is 51.9. The van der Waals surface area contributed by atoms with Crippen molar-refractivity contribution in [2.24, 2.45) is 5.41 Å². The first-order valence-electron chi connectivity index (χ1n) is 19.1. The standard InChI is InChI=1S/C41H75NO/c1-4-6-8-10-12-14-16-18-20-22-24-26-28-30-32-34-36-41(38-42(3)39-41)40-43-37-35-33-31-29-27-25-23-21-19-17-15-13-11-9-7-5-2/h12-15,18-21H,4-11,16-17,22-40H2,1-3H3/b14-12-,15-13-,20-18-,21-19-. The Hall–Kier alpha value is -1.12.